The Morgan fingerprint density at radius 3 is 2.20 bits per heavy atom. The normalized spacial score (nSPS) is 13.1. The molecule has 0 aromatic rings. The molecule has 0 rings (SSSR count). The molecule has 15 heavy (non-hydrogen) atoms. The molecule has 3 N–H and O–H groups in total. The monoisotopic (exact) mass is 259 g/mol. The van der Waals surface area contributed by atoms with E-state index in [9.17, 15) is 13.8 Å². The van der Waals surface area contributed by atoms with Gasteiger partial charge in [0.15, 0.2) is 0 Å². The SMILES string of the molecule is COC(=O)Cl.CS(=O)CCC(N)C(=O)O. The first-order chi connectivity index (χ1) is 6.81. The van der Waals surface area contributed by atoms with Crippen LogP contribution in [0.5, 0.6) is 0 Å². The predicted octanol–water partition coefficient (Wildman–Crippen LogP) is 0.158. The van der Waals surface area contributed by atoms with E-state index >= 15 is 0 Å². The number of ether oxygens (including phenoxy) is 1. The minimum atomic E-state index is -1.04. The van der Waals surface area contributed by atoms with Crippen molar-refractivity contribution in [2.75, 3.05) is 19.1 Å². The maximum atomic E-state index is 10.4. The molecule has 0 amide bonds. The summed E-state index contributed by atoms with van der Waals surface area (Å²) in [5.41, 5.74) is 4.36. The second-order valence-electron chi connectivity index (χ2n) is 2.45. The highest BCUT2D eigenvalue weighted by molar-refractivity contribution is 7.84. The van der Waals surface area contributed by atoms with Gasteiger partial charge in [-0.05, 0) is 6.42 Å². The minimum Gasteiger partial charge on any atom is -0.480 e. The molecule has 0 radical (unpaired) electrons. The number of rotatable bonds is 4. The average molecular weight is 260 g/mol. The van der Waals surface area contributed by atoms with E-state index in [-0.39, 0.29) is 6.42 Å². The van der Waals surface area contributed by atoms with Crippen molar-refractivity contribution in [3.05, 3.63) is 0 Å². The second kappa shape index (κ2) is 9.88. The number of methoxy groups -OCH3 is 1. The highest BCUT2D eigenvalue weighted by atomic mass is 35.5. The van der Waals surface area contributed by atoms with E-state index in [2.05, 4.69) is 16.3 Å². The standard InChI is InChI=1S/C5H11NO3S.C2H3ClO2/c1-10(9)3-2-4(6)5(7)8;1-5-2(3)4/h4H,2-3,6H2,1H3,(H,7,8);1H3. The number of carbonyl (C=O) groups is 2. The second-order valence-corrected chi connectivity index (χ2v) is 4.32. The minimum absolute atomic E-state index is 0.276. The van der Waals surface area contributed by atoms with E-state index in [0.29, 0.717) is 5.75 Å². The lowest BCUT2D eigenvalue weighted by atomic mass is 10.2. The Morgan fingerprint density at radius 1 is 1.60 bits per heavy atom. The van der Waals surface area contributed by atoms with Gasteiger partial charge in [0.25, 0.3) is 0 Å². The van der Waals surface area contributed by atoms with Crippen LogP contribution in [0.15, 0.2) is 0 Å². The van der Waals surface area contributed by atoms with Crippen LogP contribution in [0.3, 0.4) is 0 Å². The maximum Gasteiger partial charge on any atom is 0.403 e. The fourth-order valence-electron chi connectivity index (χ4n) is 0.416. The van der Waals surface area contributed by atoms with Crippen LogP contribution in [0.1, 0.15) is 6.42 Å². The van der Waals surface area contributed by atoms with Gasteiger partial charge < -0.3 is 15.6 Å². The molecule has 0 saturated heterocycles. The molecule has 0 aliphatic rings. The molecule has 0 aromatic heterocycles. The zero-order valence-electron chi connectivity index (χ0n) is 8.44. The number of carbonyl (C=O) groups excluding carboxylic acids is 1. The molecule has 0 aliphatic carbocycles. The fourth-order valence-corrected chi connectivity index (χ4v) is 1.00. The van der Waals surface area contributed by atoms with Crippen molar-refractivity contribution >= 4 is 33.8 Å². The summed E-state index contributed by atoms with van der Waals surface area (Å²) >= 11 is 4.60. The van der Waals surface area contributed by atoms with E-state index < -0.39 is 28.2 Å². The van der Waals surface area contributed by atoms with E-state index in [1.54, 1.807) is 0 Å². The van der Waals surface area contributed by atoms with Crippen LogP contribution in [0.4, 0.5) is 4.79 Å². The Balaban J connectivity index is 0. The third-order valence-electron chi connectivity index (χ3n) is 1.19. The molecular formula is C7H14ClNO5S. The van der Waals surface area contributed by atoms with Crippen molar-refractivity contribution in [1.29, 1.82) is 0 Å². The molecule has 0 aliphatic heterocycles. The summed E-state index contributed by atoms with van der Waals surface area (Å²) in [5, 5.41) is 8.27. The summed E-state index contributed by atoms with van der Waals surface area (Å²) in [7, 11) is 0.272. The highest BCUT2D eigenvalue weighted by Crippen LogP contribution is 1.89. The number of aliphatic carboxylic acids is 1. The molecule has 8 heteroatoms. The molecular weight excluding hydrogens is 246 g/mol. The lowest BCUT2D eigenvalue weighted by Crippen LogP contribution is -2.31. The highest BCUT2D eigenvalue weighted by Gasteiger charge is 2.10. The van der Waals surface area contributed by atoms with Gasteiger partial charge in [0.2, 0.25) is 0 Å². The number of hydrogen-bond donors (Lipinski definition) is 2. The van der Waals surface area contributed by atoms with E-state index in [4.69, 9.17) is 10.8 Å². The summed E-state index contributed by atoms with van der Waals surface area (Å²) in [4.78, 5) is 19.4. The molecule has 0 spiro atoms. The summed E-state index contributed by atoms with van der Waals surface area (Å²) in [6.07, 6.45) is 1.80. The zero-order valence-corrected chi connectivity index (χ0v) is 10.0. The van der Waals surface area contributed by atoms with Crippen molar-refractivity contribution in [2.24, 2.45) is 5.73 Å². The first-order valence-electron chi connectivity index (χ1n) is 3.83. The Hall–Kier alpha value is -0.660. The van der Waals surface area contributed by atoms with Gasteiger partial charge in [0, 0.05) is 34.4 Å². The molecule has 6 nitrogen and oxygen atoms in total. The molecule has 0 saturated carbocycles. The van der Waals surface area contributed by atoms with Crippen LogP contribution >= 0.6 is 11.6 Å². The van der Waals surface area contributed by atoms with Crippen LogP contribution < -0.4 is 5.73 Å². The van der Waals surface area contributed by atoms with Crippen molar-refractivity contribution in [2.45, 2.75) is 12.5 Å². The first-order valence-corrected chi connectivity index (χ1v) is 5.93. The number of carboxylic acid groups (broad SMARTS) is 1. The van der Waals surface area contributed by atoms with Gasteiger partial charge in [0.1, 0.15) is 6.04 Å². The molecule has 2 atom stereocenters. The van der Waals surface area contributed by atoms with Crippen molar-refractivity contribution < 1.29 is 23.6 Å². The van der Waals surface area contributed by atoms with Gasteiger partial charge in [0.05, 0.1) is 7.11 Å². The van der Waals surface area contributed by atoms with Gasteiger partial charge in [-0.1, -0.05) is 0 Å². The molecule has 0 bridgehead atoms. The third-order valence-corrected chi connectivity index (χ3v) is 2.16. The number of hydrogen-bond acceptors (Lipinski definition) is 5. The molecule has 0 aromatic carbocycles. The number of carboxylic acids is 1. The van der Waals surface area contributed by atoms with Gasteiger partial charge in [-0.25, -0.2) is 4.79 Å². The Labute approximate surface area is 95.2 Å². The Kier molecular flexibility index (Phi) is 11.0. The largest absolute Gasteiger partial charge is 0.480 e. The zero-order chi connectivity index (χ0) is 12.4. The summed E-state index contributed by atoms with van der Waals surface area (Å²) in [6, 6.07) is -0.871. The van der Waals surface area contributed by atoms with Crippen LogP contribution in [-0.4, -0.2) is 45.9 Å². The average Bonchev–Trinajstić information content (AvgIpc) is 2.14. The van der Waals surface area contributed by atoms with Gasteiger partial charge >= 0.3 is 11.4 Å². The number of halogens is 1. The fraction of sp³-hybridized carbons (Fsp3) is 0.714. The lowest BCUT2D eigenvalue weighted by Gasteiger charge is -2.02. The molecule has 0 fully saturated rings. The smallest absolute Gasteiger partial charge is 0.403 e. The molecule has 90 valence electrons. The van der Waals surface area contributed by atoms with Gasteiger partial charge in [-0.2, -0.15) is 0 Å². The third kappa shape index (κ3) is 16.0. The van der Waals surface area contributed by atoms with E-state index in [1.807, 2.05) is 0 Å². The van der Waals surface area contributed by atoms with Crippen molar-refractivity contribution in [3.8, 4) is 0 Å². The first kappa shape index (κ1) is 16.8. The van der Waals surface area contributed by atoms with Crippen molar-refractivity contribution in [3.63, 3.8) is 0 Å². The van der Waals surface area contributed by atoms with E-state index in [1.165, 1.54) is 13.4 Å². The maximum absolute atomic E-state index is 10.4. The van der Waals surface area contributed by atoms with Crippen LogP contribution in [0, 0.1) is 0 Å². The van der Waals surface area contributed by atoms with Crippen LogP contribution in [-0.2, 0) is 20.3 Å². The topological polar surface area (TPSA) is 107 Å². The summed E-state index contributed by atoms with van der Waals surface area (Å²) < 4.78 is 14.3. The molecule has 2 unspecified atom stereocenters. The van der Waals surface area contributed by atoms with Crippen LogP contribution in [0.25, 0.3) is 0 Å². The number of nitrogens with two attached hydrogens (primary N) is 1. The van der Waals surface area contributed by atoms with Crippen molar-refractivity contribution in [1.82, 2.24) is 0 Å². The summed E-state index contributed by atoms with van der Waals surface area (Å²) in [6.45, 7) is 0. The Bertz CT molecular complexity index is 235. The van der Waals surface area contributed by atoms with Crippen LogP contribution in [0.2, 0.25) is 0 Å². The van der Waals surface area contributed by atoms with E-state index in [0.717, 1.165) is 0 Å². The van der Waals surface area contributed by atoms with Gasteiger partial charge in [-0.15, -0.1) is 0 Å². The molecule has 0 heterocycles. The predicted molar refractivity (Wildman–Crippen MR) is 57.4 cm³/mol. The van der Waals surface area contributed by atoms with Gasteiger partial charge in [-0.3, -0.25) is 9.00 Å². The summed E-state index contributed by atoms with van der Waals surface area (Å²) in [5.74, 6) is -0.682. The lowest BCUT2D eigenvalue weighted by molar-refractivity contribution is -0.138. The quantitative estimate of drug-likeness (QED) is 0.697. The Morgan fingerprint density at radius 2 is 2.00 bits per heavy atom.